The fourth-order valence-electron chi connectivity index (χ4n) is 2.34. The minimum Gasteiger partial charge on any atom is -0.491 e. The van der Waals surface area contributed by atoms with Gasteiger partial charge in [-0.2, -0.15) is 0 Å². The van der Waals surface area contributed by atoms with E-state index in [1.54, 1.807) is 0 Å². The highest BCUT2D eigenvalue weighted by Gasteiger charge is 2.19. The molecule has 0 spiro atoms. The molecule has 0 radical (unpaired) electrons. The quantitative estimate of drug-likeness (QED) is 0.871. The Labute approximate surface area is 115 Å². The van der Waals surface area contributed by atoms with Gasteiger partial charge in [0.2, 0.25) is 0 Å². The SMILES string of the molecule is CC1CN(c2ccc(OC(C)C)cc2)CC(O)CN1. The molecule has 1 fully saturated rings. The molecule has 1 aliphatic heterocycles. The predicted octanol–water partition coefficient (Wildman–Crippen LogP) is 1.63. The molecule has 2 rings (SSSR count). The lowest BCUT2D eigenvalue weighted by Gasteiger charge is -2.26. The molecule has 1 aromatic rings. The van der Waals surface area contributed by atoms with E-state index >= 15 is 0 Å². The molecule has 1 saturated heterocycles. The van der Waals surface area contributed by atoms with Crippen LogP contribution in [-0.2, 0) is 0 Å². The third-order valence-electron chi connectivity index (χ3n) is 3.20. The van der Waals surface area contributed by atoms with E-state index in [1.165, 1.54) is 0 Å². The molecule has 0 bridgehead atoms. The van der Waals surface area contributed by atoms with E-state index in [-0.39, 0.29) is 12.2 Å². The number of aliphatic hydroxyl groups is 1. The molecule has 19 heavy (non-hydrogen) atoms. The van der Waals surface area contributed by atoms with Crippen LogP contribution in [0.4, 0.5) is 5.69 Å². The van der Waals surface area contributed by atoms with E-state index in [2.05, 4.69) is 29.3 Å². The van der Waals surface area contributed by atoms with Gasteiger partial charge in [0, 0.05) is 31.4 Å². The minimum atomic E-state index is -0.323. The summed E-state index contributed by atoms with van der Waals surface area (Å²) in [7, 11) is 0. The summed E-state index contributed by atoms with van der Waals surface area (Å²) in [6.07, 6.45) is -0.133. The number of nitrogens with zero attached hydrogens (tertiary/aromatic N) is 1. The lowest BCUT2D eigenvalue weighted by molar-refractivity contribution is 0.183. The molecule has 0 amide bonds. The molecule has 1 aliphatic rings. The maximum atomic E-state index is 9.88. The van der Waals surface area contributed by atoms with Gasteiger partial charge in [0.1, 0.15) is 5.75 Å². The first-order valence-electron chi connectivity index (χ1n) is 6.97. The largest absolute Gasteiger partial charge is 0.491 e. The summed E-state index contributed by atoms with van der Waals surface area (Å²) in [5, 5.41) is 13.2. The van der Waals surface area contributed by atoms with Crippen LogP contribution < -0.4 is 15.0 Å². The van der Waals surface area contributed by atoms with Crippen LogP contribution in [-0.4, -0.2) is 43.0 Å². The second-order valence-corrected chi connectivity index (χ2v) is 5.53. The van der Waals surface area contributed by atoms with Crippen LogP contribution in [0.5, 0.6) is 5.75 Å². The number of nitrogens with one attached hydrogen (secondary N) is 1. The summed E-state index contributed by atoms with van der Waals surface area (Å²) in [4.78, 5) is 2.22. The molecule has 106 valence electrons. The van der Waals surface area contributed by atoms with Gasteiger partial charge in [-0.3, -0.25) is 0 Å². The Bertz CT molecular complexity index is 380. The van der Waals surface area contributed by atoms with Crippen molar-refractivity contribution >= 4 is 5.69 Å². The van der Waals surface area contributed by atoms with Gasteiger partial charge >= 0.3 is 0 Å². The van der Waals surface area contributed by atoms with Crippen molar-refractivity contribution in [1.82, 2.24) is 5.32 Å². The zero-order valence-electron chi connectivity index (χ0n) is 12.0. The van der Waals surface area contributed by atoms with Crippen molar-refractivity contribution in [2.75, 3.05) is 24.5 Å². The topological polar surface area (TPSA) is 44.7 Å². The van der Waals surface area contributed by atoms with Gasteiger partial charge in [-0.25, -0.2) is 0 Å². The molecule has 2 unspecified atom stereocenters. The zero-order valence-corrected chi connectivity index (χ0v) is 12.0. The van der Waals surface area contributed by atoms with Gasteiger partial charge in [-0.05, 0) is 45.0 Å². The van der Waals surface area contributed by atoms with Gasteiger partial charge in [0.25, 0.3) is 0 Å². The van der Waals surface area contributed by atoms with Crippen molar-refractivity contribution in [3.63, 3.8) is 0 Å². The average molecular weight is 264 g/mol. The molecular weight excluding hydrogens is 240 g/mol. The molecule has 1 aromatic carbocycles. The summed E-state index contributed by atoms with van der Waals surface area (Å²) in [5.74, 6) is 0.889. The molecule has 0 saturated carbocycles. The number of β-amino-alcohol motifs (C(OH)–C–C–N with tert-alkyl or cyclic N) is 1. The third kappa shape index (κ3) is 4.11. The summed E-state index contributed by atoms with van der Waals surface area (Å²) < 4.78 is 5.64. The predicted molar refractivity (Wildman–Crippen MR) is 77.9 cm³/mol. The van der Waals surface area contributed by atoms with E-state index < -0.39 is 0 Å². The number of rotatable bonds is 3. The maximum absolute atomic E-state index is 9.88. The molecular formula is C15H24N2O2. The van der Waals surface area contributed by atoms with Crippen LogP contribution in [0.2, 0.25) is 0 Å². The Morgan fingerprint density at radius 1 is 1.26 bits per heavy atom. The number of ether oxygens (including phenoxy) is 1. The van der Waals surface area contributed by atoms with E-state index in [9.17, 15) is 5.11 Å². The first-order chi connectivity index (χ1) is 9.04. The zero-order chi connectivity index (χ0) is 13.8. The summed E-state index contributed by atoms with van der Waals surface area (Å²) in [6, 6.07) is 8.48. The Balaban J connectivity index is 2.07. The fraction of sp³-hybridized carbons (Fsp3) is 0.600. The number of anilines is 1. The highest BCUT2D eigenvalue weighted by Crippen LogP contribution is 2.21. The summed E-state index contributed by atoms with van der Waals surface area (Å²) >= 11 is 0. The second-order valence-electron chi connectivity index (χ2n) is 5.53. The lowest BCUT2D eigenvalue weighted by Crippen LogP contribution is -2.35. The maximum Gasteiger partial charge on any atom is 0.119 e. The molecule has 2 atom stereocenters. The van der Waals surface area contributed by atoms with E-state index in [0.717, 1.165) is 18.0 Å². The Morgan fingerprint density at radius 2 is 1.95 bits per heavy atom. The second kappa shape index (κ2) is 6.26. The Hall–Kier alpha value is -1.26. The highest BCUT2D eigenvalue weighted by atomic mass is 16.5. The average Bonchev–Trinajstić information content (AvgIpc) is 2.51. The smallest absolute Gasteiger partial charge is 0.119 e. The number of hydrogen-bond donors (Lipinski definition) is 2. The molecule has 1 heterocycles. The van der Waals surface area contributed by atoms with E-state index in [1.807, 2.05) is 26.0 Å². The first kappa shape index (κ1) is 14.2. The van der Waals surface area contributed by atoms with Crippen LogP contribution in [0.1, 0.15) is 20.8 Å². The van der Waals surface area contributed by atoms with Crippen molar-refractivity contribution in [2.45, 2.75) is 39.0 Å². The van der Waals surface area contributed by atoms with Crippen LogP contribution in [0, 0.1) is 0 Å². The van der Waals surface area contributed by atoms with Crippen LogP contribution in [0.3, 0.4) is 0 Å². The summed E-state index contributed by atoms with van der Waals surface area (Å²) in [5.41, 5.74) is 1.13. The Kier molecular flexibility index (Phi) is 4.66. The molecule has 0 aliphatic carbocycles. The first-order valence-corrected chi connectivity index (χ1v) is 6.97. The number of benzene rings is 1. The third-order valence-corrected chi connectivity index (χ3v) is 3.20. The minimum absolute atomic E-state index is 0.190. The Morgan fingerprint density at radius 3 is 2.58 bits per heavy atom. The van der Waals surface area contributed by atoms with Crippen molar-refractivity contribution in [1.29, 1.82) is 0 Å². The van der Waals surface area contributed by atoms with Gasteiger partial charge in [-0.15, -0.1) is 0 Å². The van der Waals surface area contributed by atoms with Crippen molar-refractivity contribution < 1.29 is 9.84 Å². The van der Waals surface area contributed by atoms with Gasteiger partial charge in [-0.1, -0.05) is 0 Å². The van der Waals surface area contributed by atoms with Crippen LogP contribution in [0.15, 0.2) is 24.3 Å². The van der Waals surface area contributed by atoms with Crippen molar-refractivity contribution in [2.24, 2.45) is 0 Å². The molecule has 0 aromatic heterocycles. The van der Waals surface area contributed by atoms with Crippen molar-refractivity contribution in [3.05, 3.63) is 24.3 Å². The summed E-state index contributed by atoms with van der Waals surface area (Å²) in [6.45, 7) is 8.41. The van der Waals surface area contributed by atoms with Gasteiger partial charge < -0.3 is 20.1 Å². The molecule has 4 heteroatoms. The fourth-order valence-corrected chi connectivity index (χ4v) is 2.34. The van der Waals surface area contributed by atoms with Gasteiger partial charge in [0.05, 0.1) is 12.2 Å². The lowest BCUT2D eigenvalue weighted by atomic mass is 10.2. The normalized spacial score (nSPS) is 24.4. The number of hydrogen-bond acceptors (Lipinski definition) is 4. The van der Waals surface area contributed by atoms with Crippen LogP contribution >= 0.6 is 0 Å². The molecule has 2 N–H and O–H groups in total. The monoisotopic (exact) mass is 264 g/mol. The van der Waals surface area contributed by atoms with Gasteiger partial charge in [0.15, 0.2) is 0 Å². The standard InChI is InChI=1S/C15H24N2O2/c1-11(2)19-15-6-4-13(5-7-15)17-9-12(3)16-8-14(18)10-17/h4-7,11-12,14,16,18H,8-10H2,1-3H3. The molecule has 4 nitrogen and oxygen atoms in total. The van der Waals surface area contributed by atoms with E-state index in [0.29, 0.717) is 19.1 Å². The highest BCUT2D eigenvalue weighted by molar-refractivity contribution is 5.49. The van der Waals surface area contributed by atoms with Crippen LogP contribution in [0.25, 0.3) is 0 Å². The van der Waals surface area contributed by atoms with Crippen molar-refractivity contribution in [3.8, 4) is 5.75 Å². The van der Waals surface area contributed by atoms with E-state index in [4.69, 9.17) is 4.74 Å². The number of aliphatic hydroxyl groups excluding tert-OH is 1.